The summed E-state index contributed by atoms with van der Waals surface area (Å²) in [4.78, 5) is 17.3. The van der Waals surface area contributed by atoms with Gasteiger partial charge in [-0.1, -0.05) is 65.3 Å². The third-order valence-corrected chi connectivity index (χ3v) is 6.16. The van der Waals surface area contributed by atoms with E-state index in [2.05, 4.69) is 34.1 Å². The molecule has 0 unspecified atom stereocenters. The Balaban J connectivity index is 1.26. The predicted octanol–water partition coefficient (Wildman–Crippen LogP) is 5.79. The second-order valence-electron chi connectivity index (χ2n) is 7.69. The van der Waals surface area contributed by atoms with Gasteiger partial charge in [-0.2, -0.15) is 0 Å². The summed E-state index contributed by atoms with van der Waals surface area (Å²) in [5.41, 5.74) is 6.61. The number of carbonyl (C=O) groups is 1. The summed E-state index contributed by atoms with van der Waals surface area (Å²) in [7, 11) is 0. The van der Waals surface area contributed by atoms with Crippen molar-refractivity contribution in [3.63, 3.8) is 0 Å². The summed E-state index contributed by atoms with van der Waals surface area (Å²) in [6, 6.07) is 24.1. The quantitative estimate of drug-likeness (QED) is 0.364. The van der Waals surface area contributed by atoms with E-state index >= 15 is 0 Å². The van der Waals surface area contributed by atoms with Gasteiger partial charge in [-0.25, -0.2) is 4.98 Å². The molecule has 0 bridgehead atoms. The molecule has 2 aromatic heterocycles. The lowest BCUT2D eigenvalue weighted by atomic mass is 10.1. The zero-order valence-corrected chi connectivity index (χ0v) is 18.4. The molecule has 5 nitrogen and oxygen atoms in total. The van der Waals surface area contributed by atoms with E-state index in [1.54, 1.807) is 11.3 Å². The van der Waals surface area contributed by atoms with Crippen LogP contribution < -0.4 is 5.32 Å². The molecular weight excluding hydrogens is 418 g/mol. The third kappa shape index (κ3) is 4.31. The minimum absolute atomic E-state index is 0.0901. The number of nitrogens with zero attached hydrogens (tertiary/aromatic N) is 2. The van der Waals surface area contributed by atoms with Crippen LogP contribution in [0.2, 0.25) is 0 Å². The van der Waals surface area contributed by atoms with Crippen LogP contribution in [0.1, 0.15) is 16.8 Å². The van der Waals surface area contributed by atoms with E-state index < -0.39 is 0 Å². The van der Waals surface area contributed by atoms with Gasteiger partial charge in [0, 0.05) is 28.4 Å². The standard InChI is InChI=1S/C26H21N3O2S/c1-17-10-11-24-21(12-17)22(29-31-24)14-25(30)27-15-18-6-5-9-20(13-18)26-28-23(16-32-26)19-7-3-2-4-8-19/h2-13,16H,14-15H2,1H3,(H,27,30). The van der Waals surface area contributed by atoms with Gasteiger partial charge in [-0.15, -0.1) is 11.3 Å². The van der Waals surface area contributed by atoms with Crippen molar-refractivity contribution in [1.82, 2.24) is 15.5 Å². The first-order valence-corrected chi connectivity index (χ1v) is 11.3. The molecule has 1 amide bonds. The number of rotatable bonds is 6. The van der Waals surface area contributed by atoms with Crippen molar-refractivity contribution in [2.24, 2.45) is 0 Å². The van der Waals surface area contributed by atoms with Crippen LogP contribution >= 0.6 is 11.3 Å². The average molecular weight is 440 g/mol. The molecule has 5 rings (SSSR count). The van der Waals surface area contributed by atoms with E-state index in [0.717, 1.165) is 38.3 Å². The summed E-state index contributed by atoms with van der Waals surface area (Å²) in [6.45, 7) is 2.45. The first kappa shape index (κ1) is 20.2. The Kier molecular flexibility index (Phi) is 5.52. The summed E-state index contributed by atoms with van der Waals surface area (Å²) < 4.78 is 5.33. The molecule has 0 radical (unpaired) electrons. The normalized spacial score (nSPS) is 11.0. The van der Waals surface area contributed by atoms with E-state index in [1.165, 1.54) is 0 Å². The second kappa shape index (κ2) is 8.77. The lowest BCUT2D eigenvalue weighted by Gasteiger charge is -2.06. The molecule has 6 heteroatoms. The van der Waals surface area contributed by atoms with Gasteiger partial charge < -0.3 is 9.84 Å². The molecule has 0 aliphatic heterocycles. The highest BCUT2D eigenvalue weighted by molar-refractivity contribution is 7.13. The molecule has 0 spiro atoms. The number of fused-ring (bicyclic) bond motifs is 1. The Labute approximate surface area is 189 Å². The average Bonchev–Trinajstić information content (AvgIpc) is 3.46. The molecule has 2 heterocycles. The van der Waals surface area contributed by atoms with Gasteiger partial charge in [0.25, 0.3) is 0 Å². The minimum Gasteiger partial charge on any atom is -0.356 e. The molecule has 0 aliphatic rings. The van der Waals surface area contributed by atoms with Crippen LogP contribution in [-0.4, -0.2) is 16.0 Å². The summed E-state index contributed by atoms with van der Waals surface area (Å²) >= 11 is 1.62. The Hall–Kier alpha value is -3.77. The highest BCUT2D eigenvalue weighted by atomic mass is 32.1. The highest BCUT2D eigenvalue weighted by Crippen LogP contribution is 2.29. The Morgan fingerprint density at radius 2 is 1.84 bits per heavy atom. The van der Waals surface area contributed by atoms with Gasteiger partial charge in [0.2, 0.25) is 5.91 Å². The molecule has 1 N–H and O–H groups in total. The zero-order chi connectivity index (χ0) is 21.9. The first-order valence-electron chi connectivity index (χ1n) is 10.4. The number of hydrogen-bond acceptors (Lipinski definition) is 5. The fourth-order valence-corrected chi connectivity index (χ4v) is 4.43. The number of carbonyl (C=O) groups excluding carboxylic acids is 1. The van der Waals surface area contributed by atoms with Gasteiger partial charge in [-0.05, 0) is 30.7 Å². The van der Waals surface area contributed by atoms with Crippen molar-refractivity contribution < 1.29 is 9.32 Å². The van der Waals surface area contributed by atoms with Gasteiger partial charge in [0.05, 0.1) is 12.1 Å². The topological polar surface area (TPSA) is 68.0 Å². The molecule has 0 fully saturated rings. The van der Waals surface area contributed by atoms with Gasteiger partial charge in [0.1, 0.15) is 10.7 Å². The molecule has 158 valence electrons. The lowest BCUT2D eigenvalue weighted by molar-refractivity contribution is -0.120. The SMILES string of the molecule is Cc1ccc2onc(CC(=O)NCc3cccc(-c4nc(-c5ccccc5)cs4)c3)c2c1. The number of aromatic nitrogens is 2. The highest BCUT2D eigenvalue weighted by Gasteiger charge is 2.13. The Morgan fingerprint density at radius 3 is 2.72 bits per heavy atom. The molecule has 5 aromatic rings. The molecule has 0 aliphatic carbocycles. The van der Waals surface area contributed by atoms with E-state index in [0.29, 0.717) is 17.8 Å². The number of amides is 1. The number of benzene rings is 3. The van der Waals surface area contributed by atoms with Crippen LogP contribution in [0.4, 0.5) is 0 Å². The van der Waals surface area contributed by atoms with Crippen LogP contribution in [0, 0.1) is 6.92 Å². The fraction of sp³-hybridized carbons (Fsp3) is 0.115. The number of thiazole rings is 1. The van der Waals surface area contributed by atoms with Gasteiger partial charge in [0.15, 0.2) is 5.58 Å². The zero-order valence-electron chi connectivity index (χ0n) is 17.5. The summed E-state index contributed by atoms with van der Waals surface area (Å²) in [5.74, 6) is -0.0901. The van der Waals surface area contributed by atoms with Crippen LogP contribution in [0.15, 0.2) is 82.7 Å². The maximum atomic E-state index is 12.5. The maximum Gasteiger partial charge on any atom is 0.226 e. The maximum absolute atomic E-state index is 12.5. The fourth-order valence-electron chi connectivity index (χ4n) is 3.61. The van der Waals surface area contributed by atoms with Crippen molar-refractivity contribution in [3.8, 4) is 21.8 Å². The molecular formula is C26H21N3O2S. The van der Waals surface area contributed by atoms with Crippen LogP contribution in [0.5, 0.6) is 0 Å². The number of hydrogen-bond donors (Lipinski definition) is 1. The minimum atomic E-state index is -0.0901. The van der Waals surface area contributed by atoms with Crippen LogP contribution in [0.3, 0.4) is 0 Å². The molecule has 0 saturated heterocycles. The molecule has 32 heavy (non-hydrogen) atoms. The van der Waals surface area contributed by atoms with E-state index in [9.17, 15) is 4.79 Å². The van der Waals surface area contributed by atoms with Crippen molar-refractivity contribution in [2.45, 2.75) is 19.9 Å². The van der Waals surface area contributed by atoms with E-state index in [-0.39, 0.29) is 12.3 Å². The smallest absolute Gasteiger partial charge is 0.226 e. The van der Waals surface area contributed by atoms with Crippen molar-refractivity contribution in [2.75, 3.05) is 0 Å². The molecule has 0 atom stereocenters. The summed E-state index contributed by atoms with van der Waals surface area (Å²) in [6.07, 6.45) is 0.184. The Morgan fingerprint density at radius 1 is 1.00 bits per heavy atom. The number of nitrogens with one attached hydrogen (secondary N) is 1. The molecule has 3 aromatic carbocycles. The van der Waals surface area contributed by atoms with Crippen molar-refractivity contribution >= 4 is 28.2 Å². The summed E-state index contributed by atoms with van der Waals surface area (Å²) in [5, 5.41) is 11.0. The van der Waals surface area contributed by atoms with E-state index in [4.69, 9.17) is 9.51 Å². The third-order valence-electron chi connectivity index (χ3n) is 5.27. The lowest BCUT2D eigenvalue weighted by Crippen LogP contribution is -2.24. The number of aryl methyl sites for hydroxylation is 1. The van der Waals surface area contributed by atoms with Crippen molar-refractivity contribution in [3.05, 3.63) is 95.0 Å². The largest absolute Gasteiger partial charge is 0.356 e. The predicted molar refractivity (Wildman–Crippen MR) is 127 cm³/mol. The van der Waals surface area contributed by atoms with Crippen molar-refractivity contribution in [1.29, 1.82) is 0 Å². The Bertz CT molecular complexity index is 1390. The monoisotopic (exact) mass is 439 g/mol. The van der Waals surface area contributed by atoms with Gasteiger partial charge >= 0.3 is 0 Å². The van der Waals surface area contributed by atoms with Gasteiger partial charge in [-0.3, -0.25) is 4.79 Å². The second-order valence-corrected chi connectivity index (χ2v) is 8.54. The molecule has 0 saturated carbocycles. The first-order chi connectivity index (χ1) is 15.7. The van der Waals surface area contributed by atoms with Crippen LogP contribution in [0.25, 0.3) is 32.8 Å². The van der Waals surface area contributed by atoms with E-state index in [1.807, 2.05) is 61.5 Å². The van der Waals surface area contributed by atoms with Crippen LogP contribution in [-0.2, 0) is 17.8 Å².